The summed E-state index contributed by atoms with van der Waals surface area (Å²) in [7, 11) is 1.59. The Morgan fingerprint density at radius 1 is 1.03 bits per heavy atom. The van der Waals surface area contributed by atoms with Crippen molar-refractivity contribution >= 4 is 11.8 Å². The molecule has 1 saturated heterocycles. The van der Waals surface area contributed by atoms with E-state index in [1.54, 1.807) is 31.3 Å². The lowest BCUT2D eigenvalue weighted by Crippen LogP contribution is -2.49. The highest BCUT2D eigenvalue weighted by molar-refractivity contribution is 5.94. The predicted octanol–water partition coefficient (Wildman–Crippen LogP) is 4.41. The molecule has 0 spiro atoms. The second-order valence-electron chi connectivity index (χ2n) is 8.15. The van der Waals surface area contributed by atoms with Gasteiger partial charge in [-0.25, -0.2) is 8.78 Å². The fourth-order valence-electron chi connectivity index (χ4n) is 4.03. The summed E-state index contributed by atoms with van der Waals surface area (Å²) in [6.45, 7) is 4.22. The summed E-state index contributed by atoms with van der Waals surface area (Å²) >= 11 is 0. The molecular weight excluding hydrogens is 402 g/mol. The van der Waals surface area contributed by atoms with Crippen LogP contribution in [0.1, 0.15) is 49.0 Å². The molecule has 1 fully saturated rings. The number of ether oxygens (including phenoxy) is 1. The first kappa shape index (κ1) is 22.7. The Balaban J connectivity index is 1.55. The molecule has 2 unspecified atom stereocenters. The first-order chi connectivity index (χ1) is 14.8. The van der Waals surface area contributed by atoms with Gasteiger partial charge in [0.1, 0.15) is 5.75 Å². The van der Waals surface area contributed by atoms with Crippen LogP contribution in [-0.2, 0) is 11.3 Å². The van der Waals surface area contributed by atoms with E-state index >= 15 is 0 Å². The number of carbonyl (C=O) groups excluding carboxylic acids is 2. The molecule has 0 saturated carbocycles. The molecule has 2 aromatic rings. The minimum atomic E-state index is -0.942. The van der Waals surface area contributed by atoms with Crippen LogP contribution in [0.3, 0.4) is 0 Å². The summed E-state index contributed by atoms with van der Waals surface area (Å²) in [5.74, 6) is -1.65. The van der Waals surface area contributed by atoms with Crippen LogP contribution in [0.5, 0.6) is 5.75 Å². The average molecular weight is 430 g/mol. The lowest BCUT2D eigenvalue weighted by Gasteiger charge is -2.38. The third-order valence-electron chi connectivity index (χ3n) is 5.70. The molecule has 0 aromatic heterocycles. The summed E-state index contributed by atoms with van der Waals surface area (Å²) in [5.41, 5.74) is 0.927. The lowest BCUT2D eigenvalue weighted by molar-refractivity contribution is -0.139. The number of carbonyl (C=O) groups is 2. The van der Waals surface area contributed by atoms with Gasteiger partial charge in [0, 0.05) is 31.2 Å². The molecule has 2 aromatic carbocycles. The standard InChI is InChI=1S/C24H28F2N2O3/c1-16-5-4-6-17(2)28(16)23(29)15-31-20-10-8-19(9-11-20)24(30)27(3)14-18-7-12-21(25)22(26)13-18/h7-13,16-17H,4-6,14-15H2,1-3H3. The van der Waals surface area contributed by atoms with E-state index in [0.717, 1.165) is 31.4 Å². The Hall–Kier alpha value is -2.96. The van der Waals surface area contributed by atoms with Gasteiger partial charge < -0.3 is 14.5 Å². The van der Waals surface area contributed by atoms with E-state index < -0.39 is 11.6 Å². The molecule has 0 radical (unpaired) electrons. The molecule has 5 nitrogen and oxygen atoms in total. The van der Waals surface area contributed by atoms with E-state index in [1.165, 1.54) is 11.0 Å². The number of amides is 2. The van der Waals surface area contributed by atoms with E-state index in [-0.39, 0.29) is 37.0 Å². The first-order valence-electron chi connectivity index (χ1n) is 10.5. The Morgan fingerprint density at radius 2 is 1.68 bits per heavy atom. The average Bonchev–Trinajstić information content (AvgIpc) is 2.74. The number of hydrogen-bond donors (Lipinski definition) is 0. The van der Waals surface area contributed by atoms with E-state index in [9.17, 15) is 18.4 Å². The molecule has 2 atom stereocenters. The van der Waals surface area contributed by atoms with Gasteiger partial charge in [-0.15, -0.1) is 0 Å². The fraction of sp³-hybridized carbons (Fsp3) is 0.417. The maximum Gasteiger partial charge on any atom is 0.260 e. The monoisotopic (exact) mass is 430 g/mol. The quantitative estimate of drug-likeness (QED) is 0.682. The van der Waals surface area contributed by atoms with Crippen molar-refractivity contribution in [1.29, 1.82) is 0 Å². The van der Waals surface area contributed by atoms with Gasteiger partial charge in [0.15, 0.2) is 18.2 Å². The number of likely N-dealkylation sites (tertiary alicyclic amines) is 1. The van der Waals surface area contributed by atoms with Gasteiger partial charge in [0.05, 0.1) is 0 Å². The van der Waals surface area contributed by atoms with Crippen molar-refractivity contribution in [3.8, 4) is 5.75 Å². The van der Waals surface area contributed by atoms with Crippen molar-refractivity contribution in [2.45, 2.75) is 51.7 Å². The molecule has 1 aliphatic heterocycles. The zero-order valence-electron chi connectivity index (χ0n) is 18.1. The normalized spacial score (nSPS) is 18.5. The number of nitrogens with zero attached hydrogens (tertiary/aromatic N) is 2. The van der Waals surface area contributed by atoms with Crippen molar-refractivity contribution in [2.24, 2.45) is 0 Å². The Kier molecular flexibility index (Phi) is 7.25. The van der Waals surface area contributed by atoms with E-state index in [2.05, 4.69) is 13.8 Å². The fourth-order valence-corrected chi connectivity index (χ4v) is 4.03. The van der Waals surface area contributed by atoms with Crippen LogP contribution in [0.2, 0.25) is 0 Å². The summed E-state index contributed by atoms with van der Waals surface area (Å²) in [5, 5.41) is 0. The molecule has 7 heteroatoms. The van der Waals surface area contributed by atoms with Crippen LogP contribution in [0, 0.1) is 11.6 Å². The topological polar surface area (TPSA) is 49.9 Å². The van der Waals surface area contributed by atoms with E-state index in [1.807, 2.05) is 4.90 Å². The number of rotatable bonds is 6. The SMILES string of the molecule is CC1CCCC(C)N1C(=O)COc1ccc(C(=O)N(C)Cc2ccc(F)c(F)c2)cc1. The molecule has 2 amide bonds. The Bertz CT molecular complexity index is 923. The molecule has 0 N–H and O–H groups in total. The summed E-state index contributed by atoms with van der Waals surface area (Å²) in [6, 6.07) is 10.5. The summed E-state index contributed by atoms with van der Waals surface area (Å²) < 4.78 is 32.1. The number of halogens is 2. The number of hydrogen-bond acceptors (Lipinski definition) is 3. The third kappa shape index (κ3) is 5.60. The number of piperidine rings is 1. The Morgan fingerprint density at radius 3 is 2.29 bits per heavy atom. The van der Waals surface area contributed by atoms with Gasteiger partial charge in [0.25, 0.3) is 11.8 Å². The van der Waals surface area contributed by atoms with Gasteiger partial charge in [-0.1, -0.05) is 6.07 Å². The van der Waals surface area contributed by atoms with Gasteiger partial charge >= 0.3 is 0 Å². The molecule has 0 bridgehead atoms. The molecule has 3 rings (SSSR count). The van der Waals surface area contributed by atoms with Crippen molar-refractivity contribution < 1.29 is 23.1 Å². The summed E-state index contributed by atoms with van der Waals surface area (Å²) in [4.78, 5) is 28.5. The van der Waals surface area contributed by atoms with Crippen LogP contribution in [-0.4, -0.2) is 47.4 Å². The Labute approximate surface area is 181 Å². The van der Waals surface area contributed by atoms with Crippen LogP contribution in [0.15, 0.2) is 42.5 Å². The van der Waals surface area contributed by atoms with Crippen molar-refractivity contribution in [3.63, 3.8) is 0 Å². The minimum Gasteiger partial charge on any atom is -0.484 e. The zero-order chi connectivity index (χ0) is 22.5. The second kappa shape index (κ2) is 9.90. The molecule has 1 heterocycles. The molecule has 166 valence electrons. The van der Waals surface area contributed by atoms with Crippen LogP contribution in [0.4, 0.5) is 8.78 Å². The van der Waals surface area contributed by atoms with Gasteiger partial charge in [0.2, 0.25) is 0 Å². The highest BCUT2D eigenvalue weighted by Crippen LogP contribution is 2.23. The molecule has 31 heavy (non-hydrogen) atoms. The van der Waals surface area contributed by atoms with Gasteiger partial charge in [-0.2, -0.15) is 0 Å². The van der Waals surface area contributed by atoms with Gasteiger partial charge in [-0.05, 0) is 75.1 Å². The van der Waals surface area contributed by atoms with Crippen molar-refractivity contribution in [3.05, 3.63) is 65.2 Å². The predicted molar refractivity (Wildman–Crippen MR) is 114 cm³/mol. The van der Waals surface area contributed by atoms with Crippen LogP contribution in [0.25, 0.3) is 0 Å². The van der Waals surface area contributed by atoms with Crippen molar-refractivity contribution in [2.75, 3.05) is 13.7 Å². The third-order valence-corrected chi connectivity index (χ3v) is 5.70. The number of benzene rings is 2. The summed E-state index contributed by atoms with van der Waals surface area (Å²) in [6.07, 6.45) is 3.14. The minimum absolute atomic E-state index is 0.0360. The molecular formula is C24H28F2N2O3. The highest BCUT2D eigenvalue weighted by Gasteiger charge is 2.29. The van der Waals surface area contributed by atoms with Crippen molar-refractivity contribution in [1.82, 2.24) is 9.80 Å². The van der Waals surface area contributed by atoms with Crippen LogP contribution >= 0.6 is 0 Å². The molecule has 0 aliphatic carbocycles. The largest absolute Gasteiger partial charge is 0.484 e. The van der Waals surface area contributed by atoms with Gasteiger partial charge in [-0.3, -0.25) is 9.59 Å². The maximum atomic E-state index is 13.4. The smallest absolute Gasteiger partial charge is 0.260 e. The highest BCUT2D eigenvalue weighted by atomic mass is 19.2. The second-order valence-corrected chi connectivity index (χ2v) is 8.15. The zero-order valence-corrected chi connectivity index (χ0v) is 18.1. The lowest BCUT2D eigenvalue weighted by atomic mass is 9.97. The maximum absolute atomic E-state index is 13.4. The van der Waals surface area contributed by atoms with E-state index in [4.69, 9.17) is 4.74 Å². The van der Waals surface area contributed by atoms with E-state index in [0.29, 0.717) is 16.9 Å². The molecule has 1 aliphatic rings. The van der Waals surface area contributed by atoms with Crippen LogP contribution < -0.4 is 4.74 Å². The first-order valence-corrected chi connectivity index (χ1v) is 10.5.